The van der Waals surface area contributed by atoms with Gasteiger partial charge < -0.3 is 9.84 Å². The van der Waals surface area contributed by atoms with Crippen molar-refractivity contribution in [2.45, 2.75) is 45.6 Å². The third-order valence-electron chi connectivity index (χ3n) is 5.89. The Hall–Kier alpha value is -3.86. The highest BCUT2D eigenvalue weighted by Gasteiger charge is 2.16. The number of carbonyl (C=O) groups is 2. The Balaban J connectivity index is 1.51. The maximum atomic E-state index is 13.4. The van der Waals surface area contributed by atoms with Crippen LogP contribution in [0.2, 0.25) is 0 Å². The fourth-order valence-corrected chi connectivity index (χ4v) is 4.19. The molecule has 0 spiro atoms. The second-order valence-corrected chi connectivity index (χ2v) is 8.48. The quantitative estimate of drug-likeness (QED) is 0.306. The smallest absolute Gasteiger partial charge is 0.303 e. The predicted molar refractivity (Wildman–Crippen MR) is 133 cm³/mol. The topological polar surface area (TPSA) is 68.5 Å². The second-order valence-electron chi connectivity index (χ2n) is 8.48. The lowest BCUT2D eigenvalue weighted by Crippen LogP contribution is -2.11. The summed E-state index contributed by atoms with van der Waals surface area (Å²) >= 11 is 0. The Kier molecular flexibility index (Phi) is 7.43. The van der Waals surface area contributed by atoms with Crippen molar-refractivity contribution in [3.8, 4) is 5.75 Å². The first-order valence-electron chi connectivity index (χ1n) is 11.7. The van der Waals surface area contributed by atoms with Crippen LogP contribution in [0.5, 0.6) is 5.75 Å². The van der Waals surface area contributed by atoms with E-state index < -0.39 is 5.97 Å². The Bertz CT molecular complexity index is 1290. The molecule has 0 saturated heterocycles. The van der Waals surface area contributed by atoms with Gasteiger partial charge >= 0.3 is 5.97 Å². The van der Waals surface area contributed by atoms with Crippen molar-refractivity contribution in [3.63, 3.8) is 0 Å². The van der Waals surface area contributed by atoms with Crippen LogP contribution >= 0.6 is 0 Å². The number of aryl methyl sites for hydroxylation is 2. The van der Waals surface area contributed by atoms with Gasteiger partial charge in [0.1, 0.15) is 12.4 Å². The molecule has 0 radical (unpaired) electrons. The SMILES string of the molecule is CCCc1ccc(OCc2cccc(C(=O)n3cc(CCCC(=O)O)c4ccccc43)c2)cc1. The van der Waals surface area contributed by atoms with Gasteiger partial charge in [0.25, 0.3) is 5.91 Å². The number of aromatic nitrogens is 1. The first kappa shape index (κ1) is 23.3. The molecule has 0 aliphatic rings. The molecule has 0 bridgehead atoms. The van der Waals surface area contributed by atoms with Crippen molar-refractivity contribution < 1.29 is 19.4 Å². The number of carboxylic acids is 1. The van der Waals surface area contributed by atoms with E-state index in [9.17, 15) is 9.59 Å². The summed E-state index contributed by atoms with van der Waals surface area (Å²) in [5, 5.41) is 9.93. The number of carboxylic acid groups (broad SMARTS) is 1. The second kappa shape index (κ2) is 10.8. The molecule has 0 aliphatic carbocycles. The summed E-state index contributed by atoms with van der Waals surface area (Å²) in [6.45, 7) is 2.54. The van der Waals surface area contributed by atoms with Gasteiger partial charge in [-0.25, -0.2) is 0 Å². The van der Waals surface area contributed by atoms with Gasteiger partial charge in [-0.1, -0.05) is 55.8 Å². The molecule has 0 saturated carbocycles. The van der Waals surface area contributed by atoms with E-state index in [1.807, 2.05) is 66.9 Å². The average Bonchev–Trinajstić information content (AvgIpc) is 3.22. The largest absolute Gasteiger partial charge is 0.489 e. The summed E-state index contributed by atoms with van der Waals surface area (Å²) in [5.41, 5.74) is 4.60. The van der Waals surface area contributed by atoms with Gasteiger partial charge in [-0.05, 0) is 66.3 Å². The molecule has 174 valence electrons. The zero-order valence-electron chi connectivity index (χ0n) is 19.4. The molecule has 5 nitrogen and oxygen atoms in total. The van der Waals surface area contributed by atoms with Crippen molar-refractivity contribution >= 4 is 22.8 Å². The molecular formula is C29H29NO4. The lowest BCUT2D eigenvalue weighted by atomic mass is 10.1. The minimum Gasteiger partial charge on any atom is -0.489 e. The molecule has 3 aromatic carbocycles. The molecule has 0 unspecified atom stereocenters. The summed E-state index contributed by atoms with van der Waals surface area (Å²) in [7, 11) is 0. The van der Waals surface area contributed by atoms with E-state index in [4.69, 9.17) is 9.84 Å². The molecule has 4 aromatic rings. The van der Waals surface area contributed by atoms with Crippen molar-refractivity contribution in [1.29, 1.82) is 0 Å². The number of para-hydroxylation sites is 1. The fraction of sp³-hybridized carbons (Fsp3) is 0.241. The van der Waals surface area contributed by atoms with Crippen LogP contribution in [0.3, 0.4) is 0 Å². The van der Waals surface area contributed by atoms with Crippen LogP contribution in [0.1, 0.15) is 53.2 Å². The maximum Gasteiger partial charge on any atom is 0.303 e. The van der Waals surface area contributed by atoms with Gasteiger partial charge in [0.05, 0.1) is 5.52 Å². The lowest BCUT2D eigenvalue weighted by Gasteiger charge is -2.09. The fourth-order valence-electron chi connectivity index (χ4n) is 4.19. The lowest BCUT2D eigenvalue weighted by molar-refractivity contribution is -0.137. The minimum absolute atomic E-state index is 0.108. The van der Waals surface area contributed by atoms with Crippen LogP contribution in [-0.4, -0.2) is 21.6 Å². The van der Waals surface area contributed by atoms with Crippen molar-refractivity contribution in [2.24, 2.45) is 0 Å². The van der Waals surface area contributed by atoms with Crippen molar-refractivity contribution in [3.05, 3.63) is 101 Å². The van der Waals surface area contributed by atoms with E-state index in [1.54, 1.807) is 4.57 Å². The summed E-state index contributed by atoms with van der Waals surface area (Å²) in [4.78, 5) is 24.3. The molecule has 4 rings (SSSR count). The van der Waals surface area contributed by atoms with Crippen LogP contribution in [0, 0.1) is 0 Å². The number of benzene rings is 3. The molecule has 1 heterocycles. The Morgan fingerprint density at radius 3 is 2.47 bits per heavy atom. The Labute approximate surface area is 199 Å². The van der Waals surface area contributed by atoms with Crippen LogP contribution in [0.4, 0.5) is 0 Å². The number of ether oxygens (including phenoxy) is 1. The van der Waals surface area contributed by atoms with E-state index in [0.717, 1.165) is 40.6 Å². The van der Waals surface area contributed by atoms with E-state index >= 15 is 0 Å². The van der Waals surface area contributed by atoms with Crippen LogP contribution < -0.4 is 4.74 Å². The van der Waals surface area contributed by atoms with Gasteiger partial charge in [0.2, 0.25) is 0 Å². The van der Waals surface area contributed by atoms with Gasteiger partial charge in [-0.15, -0.1) is 0 Å². The number of aliphatic carboxylic acids is 1. The standard InChI is InChI=1S/C29H29NO4/c1-2-7-21-14-16-25(17-15-21)34-20-22-8-5-9-23(18-22)29(33)30-19-24(10-6-13-28(31)32)26-11-3-4-12-27(26)30/h3-5,8-9,11-12,14-19H,2,6-7,10,13,20H2,1H3,(H,31,32). The van der Waals surface area contributed by atoms with Crippen molar-refractivity contribution in [1.82, 2.24) is 4.57 Å². The van der Waals surface area contributed by atoms with Gasteiger partial charge in [-0.3, -0.25) is 14.2 Å². The van der Waals surface area contributed by atoms with Crippen molar-refractivity contribution in [2.75, 3.05) is 0 Å². The summed E-state index contributed by atoms with van der Waals surface area (Å²) < 4.78 is 7.60. The maximum absolute atomic E-state index is 13.4. The predicted octanol–water partition coefficient (Wildman–Crippen LogP) is 6.27. The third-order valence-corrected chi connectivity index (χ3v) is 5.89. The van der Waals surface area contributed by atoms with Gasteiger partial charge in [0, 0.05) is 23.6 Å². The Morgan fingerprint density at radius 1 is 0.912 bits per heavy atom. The van der Waals surface area contributed by atoms with Gasteiger partial charge in [0.15, 0.2) is 0 Å². The van der Waals surface area contributed by atoms with Crippen LogP contribution in [0.15, 0.2) is 79.0 Å². The first-order chi connectivity index (χ1) is 16.5. The number of nitrogens with zero attached hydrogens (tertiary/aromatic N) is 1. The van der Waals surface area contributed by atoms with E-state index in [1.165, 1.54) is 5.56 Å². The molecule has 1 aromatic heterocycles. The molecule has 0 atom stereocenters. The molecule has 0 fully saturated rings. The van der Waals surface area contributed by atoms with Crippen LogP contribution in [-0.2, 0) is 24.2 Å². The number of hydrogen-bond donors (Lipinski definition) is 1. The van der Waals surface area contributed by atoms with E-state index in [0.29, 0.717) is 25.0 Å². The molecular weight excluding hydrogens is 426 g/mol. The monoisotopic (exact) mass is 455 g/mol. The summed E-state index contributed by atoms with van der Waals surface area (Å²) in [5.74, 6) is -0.124. The average molecular weight is 456 g/mol. The van der Waals surface area contributed by atoms with E-state index in [2.05, 4.69) is 19.1 Å². The highest BCUT2D eigenvalue weighted by atomic mass is 16.5. The zero-order chi connectivity index (χ0) is 23.9. The van der Waals surface area contributed by atoms with Gasteiger partial charge in [-0.2, -0.15) is 0 Å². The normalized spacial score (nSPS) is 11.0. The molecule has 5 heteroatoms. The third kappa shape index (κ3) is 5.54. The summed E-state index contributed by atoms with van der Waals surface area (Å²) in [6, 6.07) is 23.4. The number of carbonyl (C=O) groups excluding carboxylic acids is 1. The number of rotatable bonds is 10. The molecule has 0 amide bonds. The zero-order valence-corrected chi connectivity index (χ0v) is 19.4. The first-order valence-corrected chi connectivity index (χ1v) is 11.7. The molecule has 1 N–H and O–H groups in total. The Morgan fingerprint density at radius 2 is 1.71 bits per heavy atom. The summed E-state index contributed by atoms with van der Waals surface area (Å²) in [6.07, 6.45) is 5.26. The number of fused-ring (bicyclic) bond motifs is 1. The molecule has 0 aliphatic heterocycles. The minimum atomic E-state index is -0.809. The highest BCUT2D eigenvalue weighted by Crippen LogP contribution is 2.24. The number of hydrogen-bond acceptors (Lipinski definition) is 3. The highest BCUT2D eigenvalue weighted by molar-refractivity contribution is 6.03. The molecule has 34 heavy (non-hydrogen) atoms. The van der Waals surface area contributed by atoms with E-state index in [-0.39, 0.29) is 12.3 Å². The van der Waals surface area contributed by atoms with Crippen LogP contribution in [0.25, 0.3) is 10.9 Å².